The number of amides is 2. The van der Waals surface area contributed by atoms with Gasteiger partial charge in [-0.15, -0.1) is 0 Å². The molecule has 0 saturated carbocycles. The van der Waals surface area contributed by atoms with E-state index in [0.717, 1.165) is 0 Å². The molecule has 0 fully saturated rings. The molecule has 18 heavy (non-hydrogen) atoms. The minimum absolute atomic E-state index is 0.0893. The van der Waals surface area contributed by atoms with Gasteiger partial charge in [0.05, 0.1) is 13.0 Å². The van der Waals surface area contributed by atoms with Crippen molar-refractivity contribution in [2.24, 2.45) is 5.92 Å². The normalized spacial score (nSPS) is 11.6. The molecule has 0 aromatic carbocycles. The molecule has 6 nitrogen and oxygen atoms in total. The maximum absolute atomic E-state index is 11.4. The van der Waals surface area contributed by atoms with Gasteiger partial charge in [-0.3, -0.25) is 14.4 Å². The van der Waals surface area contributed by atoms with Crippen LogP contribution in [-0.4, -0.2) is 49.4 Å². The van der Waals surface area contributed by atoms with Crippen LogP contribution in [0.2, 0.25) is 0 Å². The molecule has 0 rings (SSSR count). The molecule has 1 N–H and O–H groups in total. The Labute approximate surface area is 108 Å². The molecule has 0 aliphatic heterocycles. The van der Waals surface area contributed by atoms with Crippen molar-refractivity contribution in [2.75, 3.05) is 26.7 Å². The molecule has 0 heterocycles. The van der Waals surface area contributed by atoms with E-state index in [4.69, 9.17) is 0 Å². The molecule has 0 aromatic heterocycles. The largest absolute Gasteiger partial charge is 0.469 e. The van der Waals surface area contributed by atoms with E-state index < -0.39 is 0 Å². The second-order valence-electron chi connectivity index (χ2n) is 4.23. The van der Waals surface area contributed by atoms with E-state index in [2.05, 4.69) is 10.1 Å². The number of nitrogens with one attached hydrogen (secondary N) is 1. The average molecular weight is 258 g/mol. The lowest BCUT2D eigenvalue weighted by molar-refractivity contribution is -0.146. The molecule has 0 aliphatic carbocycles. The SMILES string of the molecule is COC(=O)C(C)CN(CCCNC(C)=O)C(C)=O. The van der Waals surface area contributed by atoms with Gasteiger partial charge in [0.15, 0.2) is 0 Å². The second kappa shape index (κ2) is 8.49. The third kappa shape index (κ3) is 6.88. The van der Waals surface area contributed by atoms with Crippen molar-refractivity contribution < 1.29 is 19.1 Å². The smallest absolute Gasteiger partial charge is 0.310 e. The summed E-state index contributed by atoms with van der Waals surface area (Å²) in [6.45, 7) is 5.99. The van der Waals surface area contributed by atoms with Crippen LogP contribution < -0.4 is 5.32 Å². The van der Waals surface area contributed by atoms with Crippen LogP contribution in [0.25, 0.3) is 0 Å². The molecular weight excluding hydrogens is 236 g/mol. The van der Waals surface area contributed by atoms with Crippen LogP contribution in [0.1, 0.15) is 27.2 Å². The second-order valence-corrected chi connectivity index (χ2v) is 4.23. The zero-order chi connectivity index (χ0) is 14.1. The Kier molecular flexibility index (Phi) is 7.74. The average Bonchev–Trinajstić information content (AvgIpc) is 2.30. The summed E-state index contributed by atoms with van der Waals surface area (Å²) in [7, 11) is 1.33. The van der Waals surface area contributed by atoms with Crippen molar-refractivity contribution in [1.82, 2.24) is 10.2 Å². The van der Waals surface area contributed by atoms with E-state index in [0.29, 0.717) is 26.1 Å². The Morgan fingerprint density at radius 3 is 2.33 bits per heavy atom. The Hall–Kier alpha value is -1.59. The van der Waals surface area contributed by atoms with Gasteiger partial charge < -0.3 is 15.0 Å². The highest BCUT2D eigenvalue weighted by Crippen LogP contribution is 2.03. The zero-order valence-electron chi connectivity index (χ0n) is 11.5. The minimum Gasteiger partial charge on any atom is -0.469 e. The fourth-order valence-electron chi connectivity index (χ4n) is 1.52. The van der Waals surface area contributed by atoms with Crippen LogP contribution in [0.4, 0.5) is 0 Å². The first kappa shape index (κ1) is 16.4. The van der Waals surface area contributed by atoms with Gasteiger partial charge in [0.1, 0.15) is 0 Å². The van der Waals surface area contributed by atoms with Crippen LogP contribution in [0.5, 0.6) is 0 Å². The number of carbonyl (C=O) groups is 3. The fourth-order valence-corrected chi connectivity index (χ4v) is 1.52. The van der Waals surface area contributed by atoms with E-state index in [9.17, 15) is 14.4 Å². The fraction of sp³-hybridized carbons (Fsp3) is 0.750. The summed E-state index contributed by atoms with van der Waals surface area (Å²) in [5.41, 5.74) is 0. The van der Waals surface area contributed by atoms with Crippen LogP contribution in [-0.2, 0) is 19.1 Å². The van der Waals surface area contributed by atoms with E-state index in [1.807, 2.05) is 0 Å². The van der Waals surface area contributed by atoms with Crippen molar-refractivity contribution in [1.29, 1.82) is 0 Å². The summed E-state index contributed by atoms with van der Waals surface area (Å²) >= 11 is 0. The van der Waals surface area contributed by atoms with E-state index in [1.165, 1.54) is 21.0 Å². The highest BCUT2D eigenvalue weighted by atomic mass is 16.5. The molecule has 0 aliphatic rings. The van der Waals surface area contributed by atoms with E-state index in [-0.39, 0.29) is 23.7 Å². The molecular formula is C12H22N2O4. The molecule has 1 atom stereocenters. The molecule has 0 bridgehead atoms. The van der Waals surface area contributed by atoms with Gasteiger partial charge >= 0.3 is 5.97 Å². The van der Waals surface area contributed by atoms with Crippen molar-refractivity contribution in [3.63, 3.8) is 0 Å². The lowest BCUT2D eigenvalue weighted by Crippen LogP contribution is -2.37. The number of hydrogen-bond donors (Lipinski definition) is 1. The lowest BCUT2D eigenvalue weighted by atomic mass is 10.1. The summed E-state index contributed by atoms with van der Waals surface area (Å²) < 4.78 is 4.62. The quantitative estimate of drug-likeness (QED) is 0.522. The number of esters is 1. The Morgan fingerprint density at radius 2 is 1.89 bits per heavy atom. The third-order valence-electron chi connectivity index (χ3n) is 2.52. The molecule has 0 radical (unpaired) electrons. The lowest BCUT2D eigenvalue weighted by Gasteiger charge is -2.23. The Morgan fingerprint density at radius 1 is 1.28 bits per heavy atom. The Bertz CT molecular complexity index is 304. The summed E-state index contributed by atoms with van der Waals surface area (Å²) in [6, 6.07) is 0. The van der Waals surface area contributed by atoms with Gasteiger partial charge in [-0.25, -0.2) is 0 Å². The third-order valence-corrected chi connectivity index (χ3v) is 2.52. The predicted octanol–water partition coefficient (Wildman–Crippen LogP) is 0.170. The molecule has 1 unspecified atom stereocenters. The first-order chi connectivity index (χ1) is 8.38. The van der Waals surface area contributed by atoms with Crippen molar-refractivity contribution in [3.05, 3.63) is 0 Å². The van der Waals surface area contributed by atoms with Crippen LogP contribution in [0.3, 0.4) is 0 Å². The van der Waals surface area contributed by atoms with E-state index >= 15 is 0 Å². The van der Waals surface area contributed by atoms with Gasteiger partial charge in [0.25, 0.3) is 0 Å². The number of ether oxygens (including phenoxy) is 1. The summed E-state index contributed by atoms with van der Waals surface area (Å²) in [5.74, 6) is -0.858. The minimum atomic E-state index is -0.348. The molecule has 6 heteroatoms. The maximum atomic E-state index is 11.4. The van der Waals surface area contributed by atoms with Crippen molar-refractivity contribution >= 4 is 17.8 Å². The summed E-state index contributed by atoms with van der Waals surface area (Å²) in [5, 5.41) is 2.66. The van der Waals surface area contributed by atoms with Crippen LogP contribution >= 0.6 is 0 Å². The number of nitrogens with zero attached hydrogens (tertiary/aromatic N) is 1. The van der Waals surface area contributed by atoms with Gasteiger partial charge in [-0.1, -0.05) is 6.92 Å². The summed E-state index contributed by atoms with van der Waals surface area (Å²) in [6.07, 6.45) is 0.660. The first-order valence-electron chi connectivity index (χ1n) is 5.96. The monoisotopic (exact) mass is 258 g/mol. The van der Waals surface area contributed by atoms with E-state index in [1.54, 1.807) is 11.8 Å². The Balaban J connectivity index is 4.11. The molecule has 2 amide bonds. The van der Waals surface area contributed by atoms with Gasteiger partial charge in [0, 0.05) is 33.5 Å². The first-order valence-corrected chi connectivity index (χ1v) is 5.96. The van der Waals surface area contributed by atoms with Gasteiger partial charge in [-0.2, -0.15) is 0 Å². The molecule has 0 aromatic rings. The maximum Gasteiger partial charge on any atom is 0.310 e. The van der Waals surface area contributed by atoms with Gasteiger partial charge in [0.2, 0.25) is 11.8 Å². The number of methoxy groups -OCH3 is 1. The molecule has 0 saturated heterocycles. The van der Waals surface area contributed by atoms with Gasteiger partial charge in [-0.05, 0) is 6.42 Å². The number of rotatable bonds is 7. The number of hydrogen-bond acceptors (Lipinski definition) is 4. The highest BCUT2D eigenvalue weighted by molar-refractivity contribution is 5.76. The van der Waals surface area contributed by atoms with Crippen LogP contribution in [0, 0.1) is 5.92 Å². The van der Waals surface area contributed by atoms with Crippen molar-refractivity contribution in [3.8, 4) is 0 Å². The van der Waals surface area contributed by atoms with Crippen LogP contribution in [0.15, 0.2) is 0 Å². The summed E-state index contributed by atoms with van der Waals surface area (Å²) in [4.78, 5) is 34.9. The van der Waals surface area contributed by atoms with Crippen molar-refractivity contribution in [2.45, 2.75) is 27.2 Å². The highest BCUT2D eigenvalue weighted by Gasteiger charge is 2.18. The molecule has 104 valence electrons. The zero-order valence-corrected chi connectivity index (χ0v) is 11.5. The standard InChI is InChI=1S/C12H22N2O4/c1-9(12(17)18-4)8-14(11(3)16)7-5-6-13-10(2)15/h9H,5-8H2,1-4H3,(H,13,15). The topological polar surface area (TPSA) is 75.7 Å². The number of carbonyl (C=O) groups excluding carboxylic acids is 3. The predicted molar refractivity (Wildman–Crippen MR) is 66.7 cm³/mol. The molecule has 0 spiro atoms.